The van der Waals surface area contributed by atoms with Crippen LogP contribution in [0.15, 0.2) is 18.2 Å². The number of nitrogens with one attached hydrogen (secondary N) is 1. The molecule has 1 rings (SSSR count). The highest BCUT2D eigenvalue weighted by atomic mass is 19.1. The standard InChI is InChI=1S/C11H14F2N2O/c1-2-5-15-10(11(14)16)8-6-7(12)3-4-9(8)13/h3-4,6,10,15H,2,5H2,1H3,(H2,14,16). The van der Waals surface area contributed by atoms with Crippen LogP contribution in [0, 0.1) is 11.6 Å². The van der Waals surface area contributed by atoms with Gasteiger partial charge >= 0.3 is 0 Å². The Kier molecular flexibility index (Phi) is 4.37. The third-order valence-electron chi connectivity index (χ3n) is 2.15. The number of nitrogens with two attached hydrogens (primary N) is 1. The Bertz CT molecular complexity index is 382. The van der Waals surface area contributed by atoms with E-state index in [1.54, 1.807) is 0 Å². The molecular weight excluding hydrogens is 214 g/mol. The van der Waals surface area contributed by atoms with Gasteiger partial charge in [0.1, 0.15) is 17.7 Å². The van der Waals surface area contributed by atoms with Gasteiger partial charge in [-0.1, -0.05) is 6.92 Å². The fourth-order valence-electron chi connectivity index (χ4n) is 1.39. The van der Waals surface area contributed by atoms with Crippen LogP contribution in [0.5, 0.6) is 0 Å². The van der Waals surface area contributed by atoms with Gasteiger partial charge in [-0.05, 0) is 31.2 Å². The second-order valence-corrected chi connectivity index (χ2v) is 3.46. The smallest absolute Gasteiger partial charge is 0.239 e. The Morgan fingerprint density at radius 2 is 2.19 bits per heavy atom. The number of hydrogen-bond donors (Lipinski definition) is 2. The minimum atomic E-state index is -0.990. The number of benzene rings is 1. The summed E-state index contributed by atoms with van der Waals surface area (Å²) in [5.74, 6) is -1.97. The average Bonchev–Trinajstić information content (AvgIpc) is 2.23. The number of primary amides is 1. The normalized spacial score (nSPS) is 12.4. The molecule has 0 fully saturated rings. The predicted octanol–water partition coefficient (Wildman–Crippen LogP) is 1.49. The zero-order chi connectivity index (χ0) is 12.1. The van der Waals surface area contributed by atoms with E-state index in [9.17, 15) is 13.6 Å². The van der Waals surface area contributed by atoms with Crippen LogP contribution in [-0.2, 0) is 4.79 Å². The average molecular weight is 228 g/mol. The van der Waals surface area contributed by atoms with Crippen LogP contribution >= 0.6 is 0 Å². The molecule has 0 aromatic heterocycles. The number of hydrogen-bond acceptors (Lipinski definition) is 2. The molecule has 1 atom stereocenters. The lowest BCUT2D eigenvalue weighted by Crippen LogP contribution is -2.34. The summed E-state index contributed by atoms with van der Waals surface area (Å²) in [6.07, 6.45) is 0.765. The zero-order valence-electron chi connectivity index (χ0n) is 8.97. The van der Waals surface area contributed by atoms with Crippen LogP contribution < -0.4 is 11.1 Å². The van der Waals surface area contributed by atoms with Gasteiger partial charge in [0, 0.05) is 5.56 Å². The fraction of sp³-hybridized carbons (Fsp3) is 0.364. The highest BCUT2D eigenvalue weighted by Crippen LogP contribution is 2.18. The lowest BCUT2D eigenvalue weighted by molar-refractivity contribution is -0.120. The molecule has 0 aliphatic rings. The van der Waals surface area contributed by atoms with E-state index in [0.717, 1.165) is 24.6 Å². The summed E-state index contributed by atoms with van der Waals surface area (Å²) in [6.45, 7) is 2.40. The Hall–Kier alpha value is -1.49. The number of carbonyl (C=O) groups is 1. The van der Waals surface area contributed by atoms with Gasteiger partial charge in [-0.3, -0.25) is 4.79 Å². The maximum absolute atomic E-state index is 13.4. The topological polar surface area (TPSA) is 55.1 Å². The van der Waals surface area contributed by atoms with E-state index in [1.807, 2.05) is 6.92 Å². The predicted molar refractivity (Wildman–Crippen MR) is 56.6 cm³/mol. The van der Waals surface area contributed by atoms with E-state index in [1.165, 1.54) is 0 Å². The highest BCUT2D eigenvalue weighted by Gasteiger charge is 2.20. The van der Waals surface area contributed by atoms with E-state index >= 15 is 0 Å². The van der Waals surface area contributed by atoms with Gasteiger partial charge in [-0.25, -0.2) is 8.78 Å². The van der Waals surface area contributed by atoms with Gasteiger partial charge in [0.2, 0.25) is 5.91 Å². The van der Waals surface area contributed by atoms with E-state index < -0.39 is 23.6 Å². The second-order valence-electron chi connectivity index (χ2n) is 3.46. The second kappa shape index (κ2) is 5.55. The van der Waals surface area contributed by atoms with Gasteiger partial charge in [0.25, 0.3) is 0 Å². The molecule has 1 amide bonds. The first-order valence-electron chi connectivity index (χ1n) is 5.04. The molecule has 5 heteroatoms. The van der Waals surface area contributed by atoms with Crippen molar-refractivity contribution in [3.63, 3.8) is 0 Å². The van der Waals surface area contributed by atoms with Crippen molar-refractivity contribution in [3.8, 4) is 0 Å². The van der Waals surface area contributed by atoms with Crippen LogP contribution in [0.4, 0.5) is 8.78 Å². The van der Waals surface area contributed by atoms with Crippen molar-refractivity contribution < 1.29 is 13.6 Å². The molecule has 88 valence electrons. The van der Waals surface area contributed by atoms with Crippen molar-refractivity contribution in [2.75, 3.05) is 6.54 Å². The summed E-state index contributed by atoms with van der Waals surface area (Å²) in [5.41, 5.74) is 5.08. The minimum Gasteiger partial charge on any atom is -0.368 e. The maximum Gasteiger partial charge on any atom is 0.239 e. The largest absolute Gasteiger partial charge is 0.368 e. The van der Waals surface area contributed by atoms with Crippen molar-refractivity contribution in [2.24, 2.45) is 5.73 Å². The Balaban J connectivity index is 3.00. The zero-order valence-corrected chi connectivity index (χ0v) is 8.97. The van der Waals surface area contributed by atoms with Gasteiger partial charge in [-0.2, -0.15) is 0 Å². The summed E-state index contributed by atoms with van der Waals surface area (Å²) < 4.78 is 26.3. The summed E-state index contributed by atoms with van der Waals surface area (Å²) in [4.78, 5) is 11.1. The van der Waals surface area contributed by atoms with E-state index in [4.69, 9.17) is 5.73 Å². The Morgan fingerprint density at radius 1 is 1.50 bits per heavy atom. The SMILES string of the molecule is CCCNC(C(N)=O)c1cc(F)ccc1F. The first-order valence-corrected chi connectivity index (χ1v) is 5.04. The molecule has 0 heterocycles. The number of halogens is 2. The van der Waals surface area contributed by atoms with Gasteiger partial charge in [0.15, 0.2) is 0 Å². The third kappa shape index (κ3) is 3.00. The molecule has 0 aliphatic heterocycles. The van der Waals surface area contributed by atoms with Gasteiger partial charge < -0.3 is 11.1 Å². The molecular formula is C11H14F2N2O. The van der Waals surface area contributed by atoms with Crippen LogP contribution in [0.25, 0.3) is 0 Å². The molecule has 16 heavy (non-hydrogen) atoms. The summed E-state index contributed by atoms with van der Waals surface area (Å²) in [5, 5.41) is 2.77. The van der Waals surface area contributed by atoms with Gasteiger partial charge in [0.05, 0.1) is 0 Å². The quantitative estimate of drug-likeness (QED) is 0.802. The third-order valence-corrected chi connectivity index (χ3v) is 2.15. The molecule has 0 radical (unpaired) electrons. The Morgan fingerprint density at radius 3 is 2.75 bits per heavy atom. The highest BCUT2D eigenvalue weighted by molar-refractivity contribution is 5.81. The molecule has 0 bridgehead atoms. The van der Waals surface area contributed by atoms with Crippen LogP contribution in [0.1, 0.15) is 24.9 Å². The summed E-state index contributed by atoms with van der Waals surface area (Å²) in [7, 11) is 0. The molecule has 1 unspecified atom stereocenters. The summed E-state index contributed by atoms with van der Waals surface area (Å²) >= 11 is 0. The fourth-order valence-corrected chi connectivity index (χ4v) is 1.39. The van der Waals surface area contributed by atoms with Crippen molar-refractivity contribution in [2.45, 2.75) is 19.4 Å². The molecule has 1 aromatic rings. The number of rotatable bonds is 5. The van der Waals surface area contributed by atoms with Crippen LogP contribution in [0.2, 0.25) is 0 Å². The van der Waals surface area contributed by atoms with Crippen molar-refractivity contribution >= 4 is 5.91 Å². The minimum absolute atomic E-state index is 0.0547. The van der Waals surface area contributed by atoms with E-state index in [2.05, 4.69) is 5.32 Å². The van der Waals surface area contributed by atoms with Crippen LogP contribution in [-0.4, -0.2) is 12.5 Å². The number of amides is 1. The lowest BCUT2D eigenvalue weighted by atomic mass is 10.1. The lowest BCUT2D eigenvalue weighted by Gasteiger charge is -2.15. The van der Waals surface area contributed by atoms with Crippen molar-refractivity contribution in [3.05, 3.63) is 35.4 Å². The van der Waals surface area contributed by atoms with Crippen molar-refractivity contribution in [1.29, 1.82) is 0 Å². The van der Waals surface area contributed by atoms with E-state index in [0.29, 0.717) is 6.54 Å². The molecule has 0 saturated heterocycles. The molecule has 3 N–H and O–H groups in total. The summed E-state index contributed by atoms with van der Waals surface area (Å²) in [6, 6.07) is 1.97. The molecule has 0 spiro atoms. The monoisotopic (exact) mass is 228 g/mol. The first-order chi connectivity index (χ1) is 7.56. The molecule has 0 aliphatic carbocycles. The van der Waals surface area contributed by atoms with Crippen molar-refractivity contribution in [1.82, 2.24) is 5.32 Å². The van der Waals surface area contributed by atoms with E-state index in [-0.39, 0.29) is 5.56 Å². The number of carbonyl (C=O) groups excluding carboxylic acids is 1. The van der Waals surface area contributed by atoms with Crippen LogP contribution in [0.3, 0.4) is 0 Å². The maximum atomic E-state index is 13.4. The molecule has 3 nitrogen and oxygen atoms in total. The first kappa shape index (κ1) is 12.6. The Labute approximate surface area is 92.6 Å². The molecule has 1 aromatic carbocycles. The van der Waals surface area contributed by atoms with Gasteiger partial charge in [-0.15, -0.1) is 0 Å². The molecule has 0 saturated carbocycles.